The average Bonchev–Trinajstić information content (AvgIpc) is 3.07. The monoisotopic (exact) mass is 352 g/mol. The number of pyridine rings is 1. The van der Waals surface area contributed by atoms with Crippen LogP contribution in [0.5, 0.6) is 5.88 Å². The summed E-state index contributed by atoms with van der Waals surface area (Å²) in [6.45, 7) is 1.18. The Bertz CT molecular complexity index is 881. The number of rotatable bonds is 5. The molecule has 0 saturated carbocycles. The minimum Gasteiger partial charge on any atom is -0.472 e. The molecule has 1 N–H and O–H groups in total. The zero-order chi connectivity index (χ0) is 17.8. The largest absolute Gasteiger partial charge is 0.472 e. The van der Waals surface area contributed by atoms with E-state index in [2.05, 4.69) is 15.4 Å². The highest BCUT2D eigenvalue weighted by Gasteiger charge is 2.29. The second kappa shape index (κ2) is 7.53. The number of fused-ring (bicyclic) bond motifs is 1. The average molecular weight is 352 g/mol. The Morgan fingerprint density at radius 2 is 2.15 bits per heavy atom. The first-order chi connectivity index (χ1) is 12.8. The molecule has 1 saturated heterocycles. The lowest BCUT2D eigenvalue weighted by molar-refractivity contribution is -0.125. The lowest BCUT2D eigenvalue weighted by Crippen LogP contribution is -2.52. The summed E-state index contributed by atoms with van der Waals surface area (Å²) in [5, 5.41) is 8.32. The summed E-state index contributed by atoms with van der Waals surface area (Å²) in [6.07, 6.45) is 3.98. The molecule has 3 aromatic rings. The Hall–Kier alpha value is -2.93. The first-order valence-electron chi connectivity index (χ1n) is 8.65. The van der Waals surface area contributed by atoms with E-state index < -0.39 is 0 Å². The molecule has 134 valence electrons. The zero-order valence-corrected chi connectivity index (χ0v) is 14.2. The fraction of sp³-hybridized carbons (Fsp3) is 0.316. The maximum absolute atomic E-state index is 12.5. The SMILES string of the molecule is O=C(Cn1ncc2ccccc21)N[C@@H]1COCC[C@H]1Oc1ccccn1. The minimum absolute atomic E-state index is 0.121. The van der Waals surface area contributed by atoms with Gasteiger partial charge in [-0.15, -0.1) is 0 Å². The van der Waals surface area contributed by atoms with Crippen molar-refractivity contribution in [3.63, 3.8) is 0 Å². The highest BCUT2D eigenvalue weighted by Crippen LogP contribution is 2.16. The molecule has 1 aliphatic heterocycles. The third-order valence-corrected chi connectivity index (χ3v) is 4.39. The molecule has 3 heterocycles. The predicted octanol–water partition coefficient (Wildman–Crippen LogP) is 1.78. The lowest BCUT2D eigenvalue weighted by atomic mass is 10.1. The summed E-state index contributed by atoms with van der Waals surface area (Å²) in [4.78, 5) is 16.7. The van der Waals surface area contributed by atoms with Crippen molar-refractivity contribution in [3.8, 4) is 5.88 Å². The van der Waals surface area contributed by atoms with Gasteiger partial charge in [0.05, 0.1) is 31.0 Å². The Morgan fingerprint density at radius 1 is 1.27 bits per heavy atom. The van der Waals surface area contributed by atoms with Crippen molar-refractivity contribution in [2.75, 3.05) is 13.2 Å². The third-order valence-electron chi connectivity index (χ3n) is 4.39. The summed E-state index contributed by atoms with van der Waals surface area (Å²) in [6, 6.07) is 13.1. The van der Waals surface area contributed by atoms with Crippen molar-refractivity contribution < 1.29 is 14.3 Å². The summed E-state index contributed by atoms with van der Waals surface area (Å²) in [5.74, 6) is 0.431. The highest BCUT2D eigenvalue weighted by atomic mass is 16.5. The molecular weight excluding hydrogens is 332 g/mol. The number of hydrogen-bond donors (Lipinski definition) is 1. The lowest BCUT2D eigenvalue weighted by Gasteiger charge is -2.32. The second-order valence-corrected chi connectivity index (χ2v) is 6.22. The molecule has 1 amide bonds. The molecule has 0 radical (unpaired) electrons. The molecule has 7 heteroatoms. The molecule has 1 fully saturated rings. The van der Waals surface area contributed by atoms with Gasteiger partial charge in [-0.05, 0) is 12.1 Å². The van der Waals surface area contributed by atoms with Crippen LogP contribution in [0, 0.1) is 0 Å². The van der Waals surface area contributed by atoms with Crippen LogP contribution < -0.4 is 10.1 Å². The summed E-state index contributed by atoms with van der Waals surface area (Å²) in [7, 11) is 0. The van der Waals surface area contributed by atoms with Crippen LogP contribution in [0.15, 0.2) is 54.9 Å². The van der Waals surface area contributed by atoms with Crippen molar-refractivity contribution in [2.45, 2.75) is 25.1 Å². The number of carbonyl (C=O) groups excluding carboxylic acids is 1. The fourth-order valence-corrected chi connectivity index (χ4v) is 3.11. The van der Waals surface area contributed by atoms with E-state index in [1.54, 1.807) is 17.1 Å². The zero-order valence-electron chi connectivity index (χ0n) is 14.2. The number of benzene rings is 1. The Labute approximate surface area is 150 Å². The smallest absolute Gasteiger partial charge is 0.242 e. The standard InChI is InChI=1S/C19H20N4O3/c24-18(12-23-16-6-2-1-5-14(16)11-21-23)22-15-13-25-10-8-17(15)26-19-7-3-4-9-20-19/h1-7,9,11,15,17H,8,10,12-13H2,(H,22,24)/t15-,17-/m1/s1. The Morgan fingerprint density at radius 3 is 3.04 bits per heavy atom. The van der Waals surface area contributed by atoms with Crippen LogP contribution in [-0.2, 0) is 16.1 Å². The number of para-hydroxylation sites is 1. The van der Waals surface area contributed by atoms with Crippen LogP contribution in [0.1, 0.15) is 6.42 Å². The van der Waals surface area contributed by atoms with Gasteiger partial charge in [0.25, 0.3) is 0 Å². The molecule has 1 aromatic carbocycles. The topological polar surface area (TPSA) is 78.3 Å². The summed E-state index contributed by atoms with van der Waals surface area (Å²) in [5.41, 5.74) is 0.934. The van der Waals surface area contributed by atoms with E-state index in [-0.39, 0.29) is 24.6 Å². The van der Waals surface area contributed by atoms with Crippen LogP contribution in [0.3, 0.4) is 0 Å². The van der Waals surface area contributed by atoms with E-state index in [0.717, 1.165) is 10.9 Å². The van der Waals surface area contributed by atoms with Gasteiger partial charge < -0.3 is 14.8 Å². The number of aromatic nitrogens is 3. The third kappa shape index (κ3) is 3.67. The summed E-state index contributed by atoms with van der Waals surface area (Å²) < 4.78 is 13.2. The molecule has 26 heavy (non-hydrogen) atoms. The van der Waals surface area contributed by atoms with E-state index in [1.165, 1.54) is 0 Å². The van der Waals surface area contributed by atoms with Crippen molar-refractivity contribution in [1.82, 2.24) is 20.1 Å². The molecule has 0 spiro atoms. The number of nitrogens with zero attached hydrogens (tertiary/aromatic N) is 3. The van der Waals surface area contributed by atoms with Crippen molar-refractivity contribution in [3.05, 3.63) is 54.9 Å². The van der Waals surface area contributed by atoms with Gasteiger partial charge in [-0.1, -0.05) is 24.3 Å². The maximum Gasteiger partial charge on any atom is 0.242 e. The Kier molecular flexibility index (Phi) is 4.79. The molecular formula is C19H20N4O3. The van der Waals surface area contributed by atoms with E-state index in [9.17, 15) is 4.79 Å². The van der Waals surface area contributed by atoms with E-state index in [4.69, 9.17) is 9.47 Å². The van der Waals surface area contributed by atoms with Crippen LogP contribution in [-0.4, -0.2) is 46.0 Å². The van der Waals surface area contributed by atoms with Gasteiger partial charge in [0.15, 0.2) is 0 Å². The fourth-order valence-electron chi connectivity index (χ4n) is 3.11. The summed E-state index contributed by atoms with van der Waals surface area (Å²) >= 11 is 0. The van der Waals surface area contributed by atoms with Gasteiger partial charge in [-0.2, -0.15) is 5.10 Å². The number of nitrogens with one attached hydrogen (secondary N) is 1. The predicted molar refractivity (Wildman–Crippen MR) is 95.8 cm³/mol. The molecule has 0 aliphatic carbocycles. The van der Waals surface area contributed by atoms with Crippen molar-refractivity contribution >= 4 is 16.8 Å². The first-order valence-corrected chi connectivity index (χ1v) is 8.65. The molecule has 2 aromatic heterocycles. The van der Waals surface area contributed by atoms with Crippen LogP contribution >= 0.6 is 0 Å². The quantitative estimate of drug-likeness (QED) is 0.757. The van der Waals surface area contributed by atoms with E-state index in [0.29, 0.717) is 25.5 Å². The van der Waals surface area contributed by atoms with E-state index in [1.807, 2.05) is 42.5 Å². The maximum atomic E-state index is 12.5. The van der Waals surface area contributed by atoms with Crippen LogP contribution in [0.2, 0.25) is 0 Å². The first kappa shape index (κ1) is 16.5. The number of amides is 1. The van der Waals surface area contributed by atoms with Gasteiger partial charge in [0.2, 0.25) is 11.8 Å². The van der Waals surface area contributed by atoms with Crippen molar-refractivity contribution in [1.29, 1.82) is 0 Å². The highest BCUT2D eigenvalue weighted by molar-refractivity contribution is 5.82. The van der Waals surface area contributed by atoms with Crippen LogP contribution in [0.25, 0.3) is 10.9 Å². The van der Waals surface area contributed by atoms with E-state index >= 15 is 0 Å². The van der Waals surface area contributed by atoms with Gasteiger partial charge >= 0.3 is 0 Å². The molecule has 0 bridgehead atoms. The molecule has 0 unspecified atom stereocenters. The van der Waals surface area contributed by atoms with Crippen molar-refractivity contribution in [2.24, 2.45) is 0 Å². The van der Waals surface area contributed by atoms with Crippen LogP contribution in [0.4, 0.5) is 0 Å². The normalized spacial score (nSPS) is 20.0. The molecule has 7 nitrogen and oxygen atoms in total. The minimum atomic E-state index is -0.222. The van der Waals surface area contributed by atoms with Gasteiger partial charge in [-0.3, -0.25) is 9.48 Å². The molecule has 1 aliphatic rings. The van der Waals surface area contributed by atoms with Gasteiger partial charge in [-0.25, -0.2) is 4.98 Å². The van der Waals surface area contributed by atoms with Gasteiger partial charge in [0.1, 0.15) is 12.6 Å². The number of carbonyl (C=O) groups is 1. The number of hydrogen-bond acceptors (Lipinski definition) is 5. The van der Waals surface area contributed by atoms with Gasteiger partial charge in [0, 0.05) is 24.1 Å². The number of ether oxygens (including phenoxy) is 2. The Balaban J connectivity index is 1.41. The molecule has 2 atom stereocenters. The molecule has 4 rings (SSSR count). The second-order valence-electron chi connectivity index (χ2n) is 6.22.